The van der Waals surface area contributed by atoms with Gasteiger partial charge in [-0.2, -0.15) is 0 Å². The molecule has 2 aromatic carbocycles. The predicted molar refractivity (Wildman–Crippen MR) is 80.0 cm³/mol. The van der Waals surface area contributed by atoms with Crippen LogP contribution in [-0.2, 0) is 16.0 Å². The van der Waals surface area contributed by atoms with Crippen LogP contribution in [0.2, 0.25) is 0 Å². The van der Waals surface area contributed by atoms with E-state index in [-0.39, 0.29) is 5.91 Å². The van der Waals surface area contributed by atoms with Crippen LogP contribution in [0.25, 0.3) is 10.8 Å². The fourth-order valence-electron chi connectivity index (χ4n) is 3.01. The molecule has 1 amide bonds. The van der Waals surface area contributed by atoms with Gasteiger partial charge in [-0.05, 0) is 22.8 Å². The Morgan fingerprint density at radius 3 is 2.67 bits per heavy atom. The van der Waals surface area contributed by atoms with Crippen LogP contribution in [0.5, 0.6) is 0 Å². The van der Waals surface area contributed by atoms with Crippen LogP contribution in [0.15, 0.2) is 42.5 Å². The van der Waals surface area contributed by atoms with Gasteiger partial charge in [-0.1, -0.05) is 42.5 Å². The van der Waals surface area contributed by atoms with Crippen LogP contribution in [0.1, 0.15) is 18.4 Å². The highest BCUT2D eigenvalue weighted by molar-refractivity contribution is 5.88. The summed E-state index contributed by atoms with van der Waals surface area (Å²) in [6.07, 6.45) is 1.56. The maximum absolute atomic E-state index is 11.8. The minimum absolute atomic E-state index is 0.0531. The topological polar surface area (TPSA) is 57.6 Å². The van der Waals surface area contributed by atoms with Gasteiger partial charge in [0.15, 0.2) is 0 Å². The van der Waals surface area contributed by atoms with Crippen molar-refractivity contribution in [3.63, 3.8) is 0 Å². The lowest BCUT2D eigenvalue weighted by Crippen LogP contribution is -2.43. The van der Waals surface area contributed by atoms with Gasteiger partial charge < -0.3 is 10.0 Å². The van der Waals surface area contributed by atoms with E-state index in [2.05, 4.69) is 0 Å². The number of carbonyl (C=O) groups excluding carboxylic acids is 1. The van der Waals surface area contributed by atoms with Gasteiger partial charge >= 0.3 is 5.97 Å². The molecule has 0 radical (unpaired) electrons. The van der Waals surface area contributed by atoms with Crippen LogP contribution < -0.4 is 0 Å². The third-order valence-electron chi connectivity index (χ3n) is 4.06. The highest BCUT2D eigenvalue weighted by atomic mass is 16.4. The van der Waals surface area contributed by atoms with Crippen LogP contribution in [0.4, 0.5) is 0 Å². The molecule has 0 aliphatic carbocycles. The van der Waals surface area contributed by atoms with Gasteiger partial charge in [-0.3, -0.25) is 4.79 Å². The molecular weight excluding hydrogens is 266 g/mol. The zero-order chi connectivity index (χ0) is 14.8. The van der Waals surface area contributed by atoms with Gasteiger partial charge in [0.05, 0.1) is 0 Å². The molecule has 1 saturated heterocycles. The Morgan fingerprint density at radius 1 is 1.19 bits per heavy atom. The molecule has 0 bridgehead atoms. The van der Waals surface area contributed by atoms with Gasteiger partial charge in [0.2, 0.25) is 5.91 Å². The molecule has 0 unspecified atom stereocenters. The monoisotopic (exact) mass is 283 g/mol. The van der Waals surface area contributed by atoms with Crippen LogP contribution in [0, 0.1) is 0 Å². The standard InChI is InChI=1S/C17H17NO3/c19-16-9-4-10-18(16)15(17(20)21)11-13-7-3-6-12-5-1-2-8-14(12)13/h1-3,5-8,15H,4,9-11H2,(H,20,21)/t15-/m1/s1. The van der Waals surface area contributed by atoms with Crippen molar-refractivity contribution in [3.8, 4) is 0 Å². The van der Waals surface area contributed by atoms with E-state index in [1.54, 1.807) is 0 Å². The maximum Gasteiger partial charge on any atom is 0.326 e. The Balaban J connectivity index is 1.95. The van der Waals surface area contributed by atoms with Gasteiger partial charge in [0.1, 0.15) is 6.04 Å². The van der Waals surface area contributed by atoms with E-state index >= 15 is 0 Å². The number of carboxylic acid groups (broad SMARTS) is 1. The molecule has 0 aromatic heterocycles. The molecule has 1 heterocycles. The second kappa shape index (κ2) is 5.56. The molecule has 2 aromatic rings. The second-order valence-corrected chi connectivity index (χ2v) is 5.39. The summed E-state index contributed by atoms with van der Waals surface area (Å²) in [6.45, 7) is 0.542. The summed E-state index contributed by atoms with van der Waals surface area (Å²) >= 11 is 0. The number of aliphatic carboxylic acids is 1. The zero-order valence-corrected chi connectivity index (χ0v) is 11.7. The van der Waals surface area contributed by atoms with Crippen molar-refractivity contribution in [1.29, 1.82) is 0 Å². The predicted octanol–water partition coefficient (Wildman–Crippen LogP) is 2.46. The summed E-state index contributed by atoms with van der Waals surface area (Å²) in [7, 11) is 0. The SMILES string of the molecule is O=C(O)[C@@H](Cc1cccc2ccccc12)N1CCCC1=O. The summed E-state index contributed by atoms with van der Waals surface area (Å²) in [5.74, 6) is -0.985. The van der Waals surface area contributed by atoms with Crippen LogP contribution >= 0.6 is 0 Å². The lowest BCUT2D eigenvalue weighted by atomic mass is 9.98. The molecule has 108 valence electrons. The lowest BCUT2D eigenvalue weighted by Gasteiger charge is -2.24. The Bertz CT molecular complexity index is 690. The number of carboxylic acids is 1. The van der Waals surface area contributed by atoms with Gasteiger partial charge in [0, 0.05) is 19.4 Å². The number of rotatable bonds is 4. The molecule has 1 N–H and O–H groups in total. The molecule has 21 heavy (non-hydrogen) atoms. The van der Waals surface area contributed by atoms with E-state index in [9.17, 15) is 14.7 Å². The molecule has 0 saturated carbocycles. The first-order chi connectivity index (χ1) is 10.2. The Labute approximate surface area is 123 Å². The van der Waals surface area contributed by atoms with Gasteiger partial charge in [-0.25, -0.2) is 4.79 Å². The van der Waals surface area contributed by atoms with Crippen LogP contribution in [0.3, 0.4) is 0 Å². The largest absolute Gasteiger partial charge is 0.480 e. The highest BCUT2D eigenvalue weighted by Gasteiger charge is 2.32. The second-order valence-electron chi connectivity index (χ2n) is 5.39. The lowest BCUT2D eigenvalue weighted by molar-refractivity contribution is -0.148. The number of amides is 1. The van der Waals surface area contributed by atoms with E-state index < -0.39 is 12.0 Å². The summed E-state index contributed by atoms with van der Waals surface area (Å²) in [4.78, 5) is 24.9. The number of hydrogen-bond acceptors (Lipinski definition) is 2. The van der Waals surface area contributed by atoms with E-state index in [1.807, 2.05) is 42.5 Å². The highest BCUT2D eigenvalue weighted by Crippen LogP contribution is 2.23. The number of carbonyl (C=O) groups is 2. The zero-order valence-electron chi connectivity index (χ0n) is 11.7. The van der Waals surface area contributed by atoms with E-state index in [4.69, 9.17) is 0 Å². The Hall–Kier alpha value is -2.36. The van der Waals surface area contributed by atoms with E-state index in [0.717, 1.165) is 22.8 Å². The van der Waals surface area contributed by atoms with Crippen molar-refractivity contribution >= 4 is 22.6 Å². The third-order valence-corrected chi connectivity index (χ3v) is 4.06. The first-order valence-corrected chi connectivity index (χ1v) is 7.16. The molecular formula is C17H17NO3. The average Bonchev–Trinajstić information content (AvgIpc) is 2.90. The molecule has 3 rings (SSSR count). The number of nitrogens with zero attached hydrogens (tertiary/aromatic N) is 1. The van der Waals surface area contributed by atoms with Crippen molar-refractivity contribution in [3.05, 3.63) is 48.0 Å². The quantitative estimate of drug-likeness (QED) is 0.937. The molecule has 4 nitrogen and oxygen atoms in total. The molecule has 1 aliphatic rings. The van der Waals surface area contributed by atoms with Crippen LogP contribution in [-0.4, -0.2) is 34.5 Å². The normalized spacial score (nSPS) is 16.4. The first kappa shape index (κ1) is 13.6. The molecule has 1 aliphatic heterocycles. The number of fused-ring (bicyclic) bond motifs is 1. The molecule has 0 spiro atoms. The average molecular weight is 283 g/mol. The van der Waals surface area contributed by atoms with Crippen molar-refractivity contribution in [2.24, 2.45) is 0 Å². The van der Waals surface area contributed by atoms with Crippen molar-refractivity contribution in [2.45, 2.75) is 25.3 Å². The number of benzene rings is 2. The molecule has 1 atom stereocenters. The fourth-order valence-corrected chi connectivity index (χ4v) is 3.01. The van der Waals surface area contributed by atoms with Gasteiger partial charge in [-0.15, -0.1) is 0 Å². The van der Waals surface area contributed by atoms with E-state index in [1.165, 1.54) is 4.90 Å². The Morgan fingerprint density at radius 2 is 1.95 bits per heavy atom. The minimum Gasteiger partial charge on any atom is -0.480 e. The minimum atomic E-state index is -0.932. The third kappa shape index (κ3) is 2.61. The van der Waals surface area contributed by atoms with Gasteiger partial charge in [0.25, 0.3) is 0 Å². The maximum atomic E-state index is 11.8. The first-order valence-electron chi connectivity index (χ1n) is 7.16. The number of hydrogen-bond donors (Lipinski definition) is 1. The fraction of sp³-hybridized carbons (Fsp3) is 0.294. The van der Waals surface area contributed by atoms with Crippen molar-refractivity contribution in [2.75, 3.05) is 6.54 Å². The molecule has 1 fully saturated rings. The molecule has 4 heteroatoms. The van der Waals surface area contributed by atoms with Crippen molar-refractivity contribution < 1.29 is 14.7 Å². The van der Waals surface area contributed by atoms with E-state index in [0.29, 0.717) is 19.4 Å². The smallest absolute Gasteiger partial charge is 0.326 e. The van der Waals surface area contributed by atoms with Crippen molar-refractivity contribution in [1.82, 2.24) is 4.90 Å². The summed E-state index contributed by atoms with van der Waals surface area (Å²) in [6, 6.07) is 13.0. The summed E-state index contributed by atoms with van der Waals surface area (Å²) in [5, 5.41) is 11.6. The summed E-state index contributed by atoms with van der Waals surface area (Å²) in [5.41, 5.74) is 0.972. The number of likely N-dealkylation sites (tertiary alicyclic amines) is 1. The Kier molecular flexibility index (Phi) is 3.60. The summed E-state index contributed by atoms with van der Waals surface area (Å²) < 4.78 is 0.